The molecule has 12 heavy (non-hydrogen) atoms. The van der Waals surface area contributed by atoms with Gasteiger partial charge >= 0.3 is 0 Å². The maximum atomic E-state index is 4.13. The van der Waals surface area contributed by atoms with Gasteiger partial charge in [-0.15, -0.1) is 0 Å². The third-order valence-electron chi connectivity index (χ3n) is 1.63. The summed E-state index contributed by atoms with van der Waals surface area (Å²) in [5, 5.41) is 3.32. The van der Waals surface area contributed by atoms with E-state index < -0.39 is 0 Å². The molecule has 1 aromatic rings. The number of hydrogen-bond donors (Lipinski definition) is 1. The molecule has 0 fully saturated rings. The van der Waals surface area contributed by atoms with Crippen molar-refractivity contribution in [1.29, 1.82) is 0 Å². The Morgan fingerprint density at radius 2 is 2.33 bits per heavy atom. The van der Waals surface area contributed by atoms with Crippen LogP contribution in [0.15, 0.2) is 18.6 Å². The van der Waals surface area contributed by atoms with Crippen molar-refractivity contribution in [2.45, 2.75) is 19.8 Å². The molecule has 3 nitrogen and oxygen atoms in total. The lowest BCUT2D eigenvalue weighted by Crippen LogP contribution is -2.18. The highest BCUT2D eigenvalue weighted by Gasteiger charge is 1.91. The molecule has 0 amide bonds. The third kappa shape index (κ3) is 3.44. The van der Waals surface area contributed by atoms with E-state index in [1.54, 1.807) is 12.5 Å². The molecule has 0 aliphatic carbocycles. The van der Waals surface area contributed by atoms with Crippen LogP contribution < -0.4 is 5.32 Å². The maximum absolute atomic E-state index is 4.13. The van der Waals surface area contributed by atoms with Gasteiger partial charge in [-0.1, -0.05) is 6.92 Å². The van der Waals surface area contributed by atoms with Crippen LogP contribution in [0.25, 0.3) is 0 Å². The highest BCUT2D eigenvalue weighted by atomic mass is 14.9. The Morgan fingerprint density at radius 1 is 1.42 bits per heavy atom. The van der Waals surface area contributed by atoms with Crippen LogP contribution in [0.5, 0.6) is 0 Å². The van der Waals surface area contributed by atoms with Crippen molar-refractivity contribution in [3.63, 3.8) is 0 Å². The first-order valence-corrected chi connectivity index (χ1v) is 4.39. The van der Waals surface area contributed by atoms with E-state index in [4.69, 9.17) is 0 Å². The zero-order chi connectivity index (χ0) is 8.65. The normalized spacial score (nSPS) is 10.1. The second-order valence-electron chi connectivity index (χ2n) is 2.70. The van der Waals surface area contributed by atoms with Crippen LogP contribution in [0.4, 0.5) is 0 Å². The number of aromatic nitrogens is 2. The molecule has 0 spiro atoms. The van der Waals surface area contributed by atoms with E-state index in [1.165, 1.54) is 6.42 Å². The Labute approximate surface area is 73.2 Å². The minimum atomic E-state index is 0.989. The van der Waals surface area contributed by atoms with Crippen LogP contribution in [-0.4, -0.2) is 23.1 Å². The van der Waals surface area contributed by atoms with Gasteiger partial charge in [-0.05, 0) is 19.0 Å². The molecule has 0 saturated carbocycles. The summed E-state index contributed by atoms with van der Waals surface area (Å²) in [6.45, 7) is 4.26. The van der Waals surface area contributed by atoms with Crippen molar-refractivity contribution in [2.75, 3.05) is 13.1 Å². The summed E-state index contributed by atoms with van der Waals surface area (Å²) in [4.78, 5) is 7.98. The van der Waals surface area contributed by atoms with Gasteiger partial charge in [0.15, 0.2) is 0 Å². The first-order valence-electron chi connectivity index (χ1n) is 4.39. The van der Waals surface area contributed by atoms with Gasteiger partial charge < -0.3 is 5.32 Å². The first-order chi connectivity index (χ1) is 5.93. The maximum Gasteiger partial charge on any atom is 0.115 e. The second-order valence-corrected chi connectivity index (χ2v) is 2.70. The fourth-order valence-electron chi connectivity index (χ4n) is 0.984. The summed E-state index contributed by atoms with van der Waals surface area (Å²) in [6.07, 6.45) is 5.55. The van der Waals surface area contributed by atoms with E-state index in [-0.39, 0.29) is 0 Å². The SMILES string of the molecule is CCCNCCc1ccncn1. The minimum Gasteiger partial charge on any atom is -0.316 e. The fraction of sp³-hybridized carbons (Fsp3) is 0.556. The lowest BCUT2D eigenvalue weighted by atomic mass is 10.3. The van der Waals surface area contributed by atoms with Crippen LogP contribution in [0.1, 0.15) is 19.0 Å². The van der Waals surface area contributed by atoms with Crippen LogP contribution in [0.2, 0.25) is 0 Å². The van der Waals surface area contributed by atoms with Gasteiger partial charge in [0.05, 0.1) is 0 Å². The first kappa shape index (κ1) is 9.13. The number of rotatable bonds is 5. The Balaban J connectivity index is 2.16. The summed E-state index contributed by atoms with van der Waals surface area (Å²) in [5.74, 6) is 0. The molecule has 1 rings (SSSR count). The van der Waals surface area contributed by atoms with Crippen molar-refractivity contribution < 1.29 is 0 Å². The minimum absolute atomic E-state index is 0.989. The average molecular weight is 165 g/mol. The summed E-state index contributed by atoms with van der Waals surface area (Å²) in [5.41, 5.74) is 1.11. The second kappa shape index (κ2) is 5.66. The highest BCUT2D eigenvalue weighted by molar-refractivity contribution is 4.97. The van der Waals surface area contributed by atoms with Crippen LogP contribution in [0.3, 0.4) is 0 Å². The molecular formula is C9H15N3. The van der Waals surface area contributed by atoms with Gasteiger partial charge in [0, 0.05) is 24.9 Å². The van der Waals surface area contributed by atoms with Crippen LogP contribution >= 0.6 is 0 Å². The van der Waals surface area contributed by atoms with Crippen LogP contribution in [0, 0.1) is 0 Å². The summed E-state index contributed by atoms with van der Waals surface area (Å²) >= 11 is 0. The lowest BCUT2D eigenvalue weighted by Gasteiger charge is -2.01. The largest absolute Gasteiger partial charge is 0.316 e. The predicted octanol–water partition coefficient (Wildman–Crippen LogP) is 1.02. The van der Waals surface area contributed by atoms with E-state index in [0.29, 0.717) is 0 Å². The van der Waals surface area contributed by atoms with Gasteiger partial charge in [-0.3, -0.25) is 0 Å². The standard InChI is InChI=1S/C9H15N3/c1-2-5-10-6-3-9-4-7-11-8-12-9/h4,7-8,10H,2-3,5-6H2,1H3. The van der Waals surface area contributed by atoms with E-state index in [0.717, 1.165) is 25.2 Å². The molecule has 1 N–H and O–H groups in total. The molecule has 0 aliphatic heterocycles. The van der Waals surface area contributed by atoms with Crippen molar-refractivity contribution in [2.24, 2.45) is 0 Å². The van der Waals surface area contributed by atoms with Gasteiger partial charge in [0.1, 0.15) is 6.33 Å². The Morgan fingerprint density at radius 3 is 3.00 bits per heavy atom. The van der Waals surface area contributed by atoms with Crippen molar-refractivity contribution in [1.82, 2.24) is 15.3 Å². The Hall–Kier alpha value is -0.960. The molecule has 0 aliphatic rings. The van der Waals surface area contributed by atoms with Gasteiger partial charge in [-0.2, -0.15) is 0 Å². The molecule has 66 valence electrons. The summed E-state index contributed by atoms with van der Waals surface area (Å²) in [6, 6.07) is 1.95. The van der Waals surface area contributed by atoms with E-state index in [2.05, 4.69) is 22.2 Å². The molecule has 0 atom stereocenters. The fourth-order valence-corrected chi connectivity index (χ4v) is 0.984. The zero-order valence-electron chi connectivity index (χ0n) is 7.45. The molecule has 0 saturated heterocycles. The molecule has 1 aromatic heterocycles. The quantitative estimate of drug-likeness (QED) is 0.662. The number of nitrogens with zero attached hydrogens (tertiary/aromatic N) is 2. The molecule has 1 heterocycles. The number of nitrogens with one attached hydrogen (secondary N) is 1. The van der Waals surface area contributed by atoms with Crippen molar-refractivity contribution >= 4 is 0 Å². The molecule has 3 heteroatoms. The van der Waals surface area contributed by atoms with E-state index in [9.17, 15) is 0 Å². The Kier molecular flexibility index (Phi) is 4.31. The van der Waals surface area contributed by atoms with Crippen molar-refractivity contribution in [3.05, 3.63) is 24.3 Å². The topological polar surface area (TPSA) is 37.8 Å². The lowest BCUT2D eigenvalue weighted by molar-refractivity contribution is 0.665. The van der Waals surface area contributed by atoms with Gasteiger partial charge in [0.25, 0.3) is 0 Å². The monoisotopic (exact) mass is 165 g/mol. The van der Waals surface area contributed by atoms with Gasteiger partial charge in [-0.25, -0.2) is 9.97 Å². The van der Waals surface area contributed by atoms with E-state index >= 15 is 0 Å². The molecule has 0 unspecified atom stereocenters. The summed E-state index contributed by atoms with van der Waals surface area (Å²) in [7, 11) is 0. The smallest absolute Gasteiger partial charge is 0.115 e. The highest BCUT2D eigenvalue weighted by Crippen LogP contribution is 1.90. The molecule has 0 aromatic carbocycles. The molecular weight excluding hydrogens is 150 g/mol. The Bertz CT molecular complexity index is 198. The zero-order valence-corrected chi connectivity index (χ0v) is 7.45. The summed E-state index contributed by atoms with van der Waals surface area (Å²) < 4.78 is 0. The van der Waals surface area contributed by atoms with Crippen molar-refractivity contribution in [3.8, 4) is 0 Å². The van der Waals surface area contributed by atoms with Crippen LogP contribution in [-0.2, 0) is 6.42 Å². The predicted molar refractivity (Wildman–Crippen MR) is 48.9 cm³/mol. The molecule has 0 bridgehead atoms. The molecule has 0 radical (unpaired) electrons. The van der Waals surface area contributed by atoms with Gasteiger partial charge in [0.2, 0.25) is 0 Å². The average Bonchev–Trinajstić information content (AvgIpc) is 2.14. The number of hydrogen-bond acceptors (Lipinski definition) is 3. The van der Waals surface area contributed by atoms with E-state index in [1.807, 2.05) is 6.07 Å². The third-order valence-corrected chi connectivity index (χ3v) is 1.63.